The number of aliphatic hydroxyl groups is 1. The highest BCUT2D eigenvalue weighted by Crippen LogP contribution is 2.06. The van der Waals surface area contributed by atoms with Crippen molar-refractivity contribution in [2.24, 2.45) is 0 Å². The number of aliphatic hydroxyl groups excluding tert-OH is 1. The maximum Gasteiger partial charge on any atom is 0.0700 e. The first kappa shape index (κ1) is 8.14. The Morgan fingerprint density at radius 2 is 2.18 bits per heavy atom. The van der Waals surface area contributed by atoms with Crippen LogP contribution in [0, 0.1) is 6.92 Å². The number of aromatic nitrogens is 2. The van der Waals surface area contributed by atoms with Gasteiger partial charge in [-0.15, -0.1) is 0 Å². The molecule has 1 heterocycles. The Kier molecular flexibility index (Phi) is 2.54. The van der Waals surface area contributed by atoms with Crippen LogP contribution in [0.4, 0.5) is 0 Å². The van der Waals surface area contributed by atoms with Crippen LogP contribution in [0.1, 0.15) is 23.9 Å². The van der Waals surface area contributed by atoms with Crippen molar-refractivity contribution in [2.45, 2.75) is 26.9 Å². The minimum atomic E-state index is 0.0551. The van der Waals surface area contributed by atoms with Crippen molar-refractivity contribution in [3.8, 4) is 0 Å². The van der Waals surface area contributed by atoms with Gasteiger partial charge in [-0.3, -0.25) is 0 Å². The summed E-state index contributed by atoms with van der Waals surface area (Å²) in [5.41, 5.74) is 2.63. The highest BCUT2D eigenvalue weighted by Gasteiger charge is 2.01. The Labute approximate surface area is 66.1 Å². The zero-order chi connectivity index (χ0) is 8.27. The Morgan fingerprint density at radius 3 is 2.73 bits per heavy atom. The Morgan fingerprint density at radius 1 is 1.45 bits per heavy atom. The van der Waals surface area contributed by atoms with Crippen LogP contribution in [-0.4, -0.2) is 15.3 Å². The summed E-state index contributed by atoms with van der Waals surface area (Å²) in [5, 5.41) is 16.8. The summed E-state index contributed by atoms with van der Waals surface area (Å²) >= 11 is 0. The summed E-state index contributed by atoms with van der Waals surface area (Å²) in [4.78, 5) is 0. The molecule has 1 N–H and O–H groups in total. The number of hydrogen-bond donors (Lipinski definition) is 1. The smallest absolute Gasteiger partial charge is 0.0700 e. The molecule has 0 unspecified atom stereocenters. The van der Waals surface area contributed by atoms with Crippen molar-refractivity contribution in [3.05, 3.63) is 23.0 Å². The van der Waals surface area contributed by atoms with E-state index >= 15 is 0 Å². The Bertz CT molecular complexity index is 248. The van der Waals surface area contributed by atoms with E-state index in [9.17, 15) is 0 Å². The van der Waals surface area contributed by atoms with E-state index in [0.29, 0.717) is 0 Å². The molecule has 0 aliphatic rings. The van der Waals surface area contributed by atoms with Gasteiger partial charge >= 0.3 is 0 Å². The molecule has 0 saturated carbocycles. The van der Waals surface area contributed by atoms with Gasteiger partial charge in [0.2, 0.25) is 0 Å². The minimum Gasteiger partial charge on any atom is -0.392 e. The normalized spacial score (nSPS) is 10.1. The van der Waals surface area contributed by atoms with Gasteiger partial charge in [0, 0.05) is 5.56 Å². The zero-order valence-electron chi connectivity index (χ0n) is 6.83. The summed E-state index contributed by atoms with van der Waals surface area (Å²) in [5.74, 6) is 0. The highest BCUT2D eigenvalue weighted by molar-refractivity contribution is 5.19. The second kappa shape index (κ2) is 3.44. The average Bonchev–Trinajstić information content (AvgIpc) is 2.04. The maximum atomic E-state index is 8.91. The van der Waals surface area contributed by atoms with Crippen LogP contribution in [0.2, 0.25) is 0 Å². The molecule has 0 bridgehead atoms. The van der Waals surface area contributed by atoms with Crippen molar-refractivity contribution in [1.29, 1.82) is 0 Å². The lowest BCUT2D eigenvalue weighted by Crippen LogP contribution is -2.00. The molecule has 3 nitrogen and oxygen atoms in total. The summed E-state index contributed by atoms with van der Waals surface area (Å²) in [6, 6.07) is 1.87. The molecule has 11 heavy (non-hydrogen) atoms. The predicted molar refractivity (Wildman–Crippen MR) is 42.1 cm³/mol. The third kappa shape index (κ3) is 1.74. The quantitative estimate of drug-likeness (QED) is 0.683. The molecule has 0 aliphatic carbocycles. The van der Waals surface area contributed by atoms with E-state index in [1.54, 1.807) is 0 Å². The Balaban J connectivity index is 3.06. The number of nitrogens with zero attached hydrogens (tertiary/aromatic N) is 2. The van der Waals surface area contributed by atoms with Gasteiger partial charge in [0.25, 0.3) is 0 Å². The third-order valence-electron chi connectivity index (χ3n) is 1.59. The monoisotopic (exact) mass is 152 g/mol. The van der Waals surface area contributed by atoms with E-state index in [1.165, 1.54) is 0 Å². The van der Waals surface area contributed by atoms with Gasteiger partial charge in [-0.25, -0.2) is 0 Å². The molecule has 0 saturated heterocycles. The standard InChI is InChI=1S/C8H12N2O/c1-3-8-7(5-11)4-6(2)9-10-8/h4,11H,3,5H2,1-2H3. The first-order valence-corrected chi connectivity index (χ1v) is 3.71. The van der Waals surface area contributed by atoms with Gasteiger partial charge in [0.05, 0.1) is 18.0 Å². The van der Waals surface area contributed by atoms with E-state index in [-0.39, 0.29) is 6.61 Å². The van der Waals surface area contributed by atoms with Crippen LogP contribution in [0.25, 0.3) is 0 Å². The van der Waals surface area contributed by atoms with E-state index in [2.05, 4.69) is 10.2 Å². The van der Waals surface area contributed by atoms with Crippen molar-refractivity contribution in [2.75, 3.05) is 0 Å². The summed E-state index contributed by atoms with van der Waals surface area (Å²) < 4.78 is 0. The van der Waals surface area contributed by atoms with Crippen molar-refractivity contribution >= 4 is 0 Å². The van der Waals surface area contributed by atoms with Gasteiger partial charge < -0.3 is 5.11 Å². The molecular weight excluding hydrogens is 140 g/mol. The van der Waals surface area contributed by atoms with Crippen LogP contribution in [0.15, 0.2) is 6.07 Å². The number of aryl methyl sites for hydroxylation is 2. The third-order valence-corrected chi connectivity index (χ3v) is 1.59. The second-order valence-corrected chi connectivity index (χ2v) is 2.47. The van der Waals surface area contributed by atoms with Crippen LogP contribution in [0.3, 0.4) is 0 Å². The lowest BCUT2D eigenvalue weighted by atomic mass is 10.1. The van der Waals surface area contributed by atoms with Crippen molar-refractivity contribution < 1.29 is 5.11 Å². The molecule has 0 amide bonds. The predicted octanol–water partition coefficient (Wildman–Crippen LogP) is 0.840. The molecule has 0 atom stereocenters. The molecule has 0 spiro atoms. The number of hydrogen-bond acceptors (Lipinski definition) is 3. The minimum absolute atomic E-state index is 0.0551. The molecule has 1 aromatic rings. The van der Waals surface area contributed by atoms with E-state index in [0.717, 1.165) is 23.4 Å². The maximum absolute atomic E-state index is 8.91. The fraction of sp³-hybridized carbons (Fsp3) is 0.500. The number of rotatable bonds is 2. The summed E-state index contributed by atoms with van der Waals surface area (Å²) in [6.45, 7) is 3.92. The lowest BCUT2D eigenvalue weighted by molar-refractivity contribution is 0.279. The molecule has 0 aliphatic heterocycles. The summed E-state index contributed by atoms with van der Waals surface area (Å²) in [7, 11) is 0. The van der Waals surface area contributed by atoms with E-state index < -0.39 is 0 Å². The van der Waals surface area contributed by atoms with Gasteiger partial charge in [-0.2, -0.15) is 10.2 Å². The van der Waals surface area contributed by atoms with Crippen LogP contribution in [0.5, 0.6) is 0 Å². The van der Waals surface area contributed by atoms with E-state index in [1.807, 2.05) is 19.9 Å². The molecule has 0 radical (unpaired) electrons. The van der Waals surface area contributed by atoms with Crippen LogP contribution >= 0.6 is 0 Å². The molecule has 0 fully saturated rings. The molecule has 0 aromatic carbocycles. The fourth-order valence-corrected chi connectivity index (χ4v) is 1.00. The van der Waals surface area contributed by atoms with Crippen molar-refractivity contribution in [1.82, 2.24) is 10.2 Å². The lowest BCUT2D eigenvalue weighted by Gasteiger charge is -2.02. The molecular formula is C8H12N2O. The highest BCUT2D eigenvalue weighted by atomic mass is 16.3. The summed E-state index contributed by atoms with van der Waals surface area (Å²) in [6.07, 6.45) is 0.823. The van der Waals surface area contributed by atoms with Crippen LogP contribution < -0.4 is 0 Å². The topological polar surface area (TPSA) is 46.0 Å². The van der Waals surface area contributed by atoms with Crippen molar-refractivity contribution in [3.63, 3.8) is 0 Å². The SMILES string of the molecule is CCc1nnc(C)cc1CO. The zero-order valence-corrected chi connectivity index (χ0v) is 6.83. The van der Waals surface area contributed by atoms with Gasteiger partial charge in [0.1, 0.15) is 0 Å². The molecule has 3 heteroatoms. The average molecular weight is 152 g/mol. The van der Waals surface area contributed by atoms with E-state index in [4.69, 9.17) is 5.11 Å². The molecule has 1 rings (SSSR count). The molecule has 60 valence electrons. The second-order valence-electron chi connectivity index (χ2n) is 2.47. The van der Waals surface area contributed by atoms with Crippen LogP contribution in [-0.2, 0) is 13.0 Å². The van der Waals surface area contributed by atoms with Gasteiger partial charge in [-0.05, 0) is 19.4 Å². The fourth-order valence-electron chi connectivity index (χ4n) is 1.00. The van der Waals surface area contributed by atoms with Gasteiger partial charge in [0.15, 0.2) is 0 Å². The largest absolute Gasteiger partial charge is 0.392 e. The Hall–Kier alpha value is -0.960. The molecule has 1 aromatic heterocycles. The first-order chi connectivity index (χ1) is 5.27. The first-order valence-electron chi connectivity index (χ1n) is 3.71. The van der Waals surface area contributed by atoms with Gasteiger partial charge in [-0.1, -0.05) is 6.92 Å².